The molecular weight excluding hydrogens is 254 g/mol. The van der Waals surface area contributed by atoms with Crippen molar-refractivity contribution < 1.29 is 0 Å². The quantitative estimate of drug-likeness (QED) is 0.840. The lowest BCUT2D eigenvalue weighted by Crippen LogP contribution is -2.33. The molecule has 0 unspecified atom stereocenters. The Morgan fingerprint density at radius 1 is 1.42 bits per heavy atom. The monoisotopic (exact) mass is 277 g/mol. The summed E-state index contributed by atoms with van der Waals surface area (Å²) in [5.74, 6) is 0.960. The van der Waals surface area contributed by atoms with E-state index in [4.69, 9.17) is 22.9 Å². The van der Waals surface area contributed by atoms with Crippen molar-refractivity contribution in [1.82, 2.24) is 4.98 Å². The van der Waals surface area contributed by atoms with Crippen molar-refractivity contribution in [3.05, 3.63) is 22.9 Å². The van der Waals surface area contributed by atoms with Gasteiger partial charge in [0.05, 0.1) is 5.56 Å². The number of nitrogens with zero attached hydrogens (tertiary/aromatic N) is 2. The van der Waals surface area contributed by atoms with Crippen LogP contribution in [0.4, 0.5) is 5.82 Å². The highest BCUT2D eigenvalue weighted by Crippen LogP contribution is 2.28. The van der Waals surface area contributed by atoms with Crippen LogP contribution in [0.1, 0.15) is 49.9 Å². The van der Waals surface area contributed by atoms with E-state index in [1.54, 1.807) is 0 Å². The van der Waals surface area contributed by atoms with Crippen molar-refractivity contribution in [2.45, 2.75) is 52.0 Å². The average Bonchev–Trinajstić information content (AvgIpc) is 2.85. The van der Waals surface area contributed by atoms with Gasteiger partial charge in [-0.3, -0.25) is 0 Å². The first-order valence-corrected chi connectivity index (χ1v) is 7.54. The van der Waals surface area contributed by atoms with Gasteiger partial charge >= 0.3 is 0 Å². The van der Waals surface area contributed by atoms with Crippen LogP contribution >= 0.6 is 12.2 Å². The van der Waals surface area contributed by atoms with Gasteiger partial charge in [-0.15, -0.1) is 0 Å². The summed E-state index contributed by atoms with van der Waals surface area (Å²) in [5, 5.41) is 0. The number of thiocarbonyl (C=S) groups is 1. The SMILES string of the molecule is CCC(CC)N(C)c1nc2c(cc1C(N)=S)CCC2. The lowest BCUT2D eigenvalue weighted by Gasteiger charge is -2.29. The van der Waals surface area contributed by atoms with Crippen LogP contribution in [0, 0.1) is 0 Å². The third-order valence-corrected chi connectivity index (χ3v) is 4.34. The minimum Gasteiger partial charge on any atom is -0.389 e. The molecule has 0 amide bonds. The van der Waals surface area contributed by atoms with Gasteiger partial charge in [-0.1, -0.05) is 26.1 Å². The minimum atomic E-state index is 0.454. The largest absolute Gasteiger partial charge is 0.389 e. The number of rotatable bonds is 5. The van der Waals surface area contributed by atoms with Gasteiger partial charge in [0.1, 0.15) is 10.8 Å². The van der Waals surface area contributed by atoms with E-state index < -0.39 is 0 Å². The average molecular weight is 277 g/mol. The number of aromatic nitrogens is 1. The van der Waals surface area contributed by atoms with Crippen LogP contribution in [0.25, 0.3) is 0 Å². The fraction of sp³-hybridized carbons (Fsp3) is 0.600. The molecule has 0 bridgehead atoms. The topological polar surface area (TPSA) is 42.2 Å². The van der Waals surface area contributed by atoms with Gasteiger partial charge < -0.3 is 10.6 Å². The molecule has 0 atom stereocenters. The van der Waals surface area contributed by atoms with Crippen LogP contribution in [0.2, 0.25) is 0 Å². The van der Waals surface area contributed by atoms with Crippen LogP contribution in [-0.4, -0.2) is 23.1 Å². The lowest BCUT2D eigenvalue weighted by molar-refractivity contribution is 0.586. The first-order valence-electron chi connectivity index (χ1n) is 7.13. The Morgan fingerprint density at radius 3 is 2.68 bits per heavy atom. The van der Waals surface area contributed by atoms with Crippen LogP contribution in [0.15, 0.2) is 6.07 Å². The van der Waals surface area contributed by atoms with Gasteiger partial charge in [-0.2, -0.15) is 0 Å². The molecular formula is C15H23N3S. The Hall–Kier alpha value is -1.16. The molecule has 104 valence electrons. The third kappa shape index (κ3) is 2.73. The molecule has 0 aliphatic heterocycles. The number of fused-ring (bicyclic) bond motifs is 1. The number of pyridine rings is 1. The molecule has 0 aromatic carbocycles. The zero-order valence-corrected chi connectivity index (χ0v) is 12.9. The number of hydrogen-bond acceptors (Lipinski definition) is 3. The lowest BCUT2D eigenvalue weighted by atomic mass is 10.1. The molecule has 0 fully saturated rings. The highest BCUT2D eigenvalue weighted by molar-refractivity contribution is 7.80. The van der Waals surface area contributed by atoms with E-state index in [0.29, 0.717) is 11.0 Å². The number of hydrogen-bond donors (Lipinski definition) is 1. The fourth-order valence-corrected chi connectivity index (χ4v) is 3.07. The summed E-state index contributed by atoms with van der Waals surface area (Å²) in [6.45, 7) is 4.41. The first-order chi connectivity index (χ1) is 9.08. The maximum Gasteiger partial charge on any atom is 0.139 e. The fourth-order valence-electron chi connectivity index (χ4n) is 2.92. The number of aryl methyl sites for hydroxylation is 2. The van der Waals surface area contributed by atoms with E-state index in [-0.39, 0.29) is 0 Å². The second kappa shape index (κ2) is 5.87. The van der Waals surface area contributed by atoms with E-state index in [2.05, 4.69) is 31.9 Å². The first kappa shape index (κ1) is 14.3. The standard InChI is InChI=1S/C15H23N3S/c1-4-11(5-2)18(3)15-12(14(16)19)9-10-7-6-8-13(10)17-15/h9,11H,4-8H2,1-3H3,(H2,16,19). The molecule has 1 aliphatic rings. The zero-order chi connectivity index (χ0) is 14.0. The van der Waals surface area contributed by atoms with Crippen molar-refractivity contribution in [2.75, 3.05) is 11.9 Å². The van der Waals surface area contributed by atoms with Gasteiger partial charge in [-0.25, -0.2) is 4.98 Å². The summed E-state index contributed by atoms with van der Waals surface area (Å²) in [5.41, 5.74) is 9.38. The molecule has 19 heavy (non-hydrogen) atoms. The molecule has 1 aromatic heterocycles. The molecule has 1 aliphatic carbocycles. The zero-order valence-electron chi connectivity index (χ0n) is 12.1. The summed E-state index contributed by atoms with van der Waals surface area (Å²) in [6.07, 6.45) is 5.58. The summed E-state index contributed by atoms with van der Waals surface area (Å²) >= 11 is 5.21. The third-order valence-electron chi connectivity index (χ3n) is 4.12. The van der Waals surface area contributed by atoms with E-state index in [0.717, 1.165) is 37.1 Å². The molecule has 0 saturated heterocycles. The van der Waals surface area contributed by atoms with Gasteiger partial charge in [0.2, 0.25) is 0 Å². The van der Waals surface area contributed by atoms with Crippen LogP contribution in [0.5, 0.6) is 0 Å². The van der Waals surface area contributed by atoms with Gasteiger partial charge in [0, 0.05) is 18.8 Å². The molecule has 1 heterocycles. The second-order valence-electron chi connectivity index (χ2n) is 5.26. The van der Waals surface area contributed by atoms with Crippen molar-refractivity contribution >= 4 is 23.0 Å². The van der Waals surface area contributed by atoms with E-state index in [1.165, 1.54) is 17.7 Å². The molecule has 3 nitrogen and oxygen atoms in total. The van der Waals surface area contributed by atoms with E-state index in [1.807, 2.05) is 0 Å². The van der Waals surface area contributed by atoms with Crippen molar-refractivity contribution in [2.24, 2.45) is 5.73 Å². The summed E-state index contributed by atoms with van der Waals surface area (Å²) in [6, 6.07) is 2.64. The Labute approximate surface area is 121 Å². The summed E-state index contributed by atoms with van der Waals surface area (Å²) in [4.78, 5) is 7.55. The Kier molecular flexibility index (Phi) is 4.40. The van der Waals surface area contributed by atoms with Crippen LogP contribution < -0.4 is 10.6 Å². The maximum absolute atomic E-state index is 5.89. The van der Waals surface area contributed by atoms with Gasteiger partial charge in [-0.05, 0) is 43.7 Å². The molecule has 2 N–H and O–H groups in total. The molecule has 0 saturated carbocycles. The highest BCUT2D eigenvalue weighted by Gasteiger charge is 2.22. The smallest absolute Gasteiger partial charge is 0.139 e. The van der Waals surface area contributed by atoms with E-state index in [9.17, 15) is 0 Å². The number of nitrogens with two attached hydrogens (primary N) is 1. The van der Waals surface area contributed by atoms with Crippen molar-refractivity contribution in [3.63, 3.8) is 0 Å². The summed E-state index contributed by atoms with van der Waals surface area (Å²) < 4.78 is 0. The predicted octanol–water partition coefficient (Wildman–Crippen LogP) is 2.83. The Balaban J connectivity index is 2.45. The molecule has 0 radical (unpaired) electrons. The van der Waals surface area contributed by atoms with Crippen molar-refractivity contribution in [3.8, 4) is 0 Å². The highest BCUT2D eigenvalue weighted by atomic mass is 32.1. The van der Waals surface area contributed by atoms with E-state index >= 15 is 0 Å². The summed E-state index contributed by atoms with van der Waals surface area (Å²) in [7, 11) is 2.10. The molecule has 0 spiro atoms. The second-order valence-corrected chi connectivity index (χ2v) is 5.70. The minimum absolute atomic E-state index is 0.454. The van der Waals surface area contributed by atoms with Crippen molar-refractivity contribution in [1.29, 1.82) is 0 Å². The molecule has 4 heteroatoms. The van der Waals surface area contributed by atoms with Crippen LogP contribution in [0.3, 0.4) is 0 Å². The normalized spacial score (nSPS) is 13.7. The Morgan fingerprint density at radius 2 is 2.11 bits per heavy atom. The van der Waals surface area contributed by atoms with Gasteiger partial charge in [0.25, 0.3) is 0 Å². The van der Waals surface area contributed by atoms with Gasteiger partial charge in [0.15, 0.2) is 0 Å². The molecule has 2 rings (SSSR count). The Bertz CT molecular complexity index is 481. The maximum atomic E-state index is 5.89. The van der Waals surface area contributed by atoms with Crippen LogP contribution in [-0.2, 0) is 12.8 Å². The predicted molar refractivity (Wildman–Crippen MR) is 84.9 cm³/mol. The number of anilines is 1. The molecule has 1 aromatic rings.